The lowest BCUT2D eigenvalue weighted by Gasteiger charge is -2.09. The highest BCUT2D eigenvalue weighted by Gasteiger charge is 2.19. The zero-order chi connectivity index (χ0) is 14.9. The number of imidazole rings is 1. The molecular formula is C12H10Cl3N3O2. The fraction of sp³-hybridized carbons (Fsp3) is 0.167. The summed E-state index contributed by atoms with van der Waals surface area (Å²) in [4.78, 5) is 15.6. The van der Waals surface area contributed by atoms with Crippen LogP contribution in [0.3, 0.4) is 0 Å². The van der Waals surface area contributed by atoms with E-state index in [0.717, 1.165) is 0 Å². The van der Waals surface area contributed by atoms with Crippen LogP contribution in [0.15, 0.2) is 18.5 Å². The van der Waals surface area contributed by atoms with Gasteiger partial charge in [0.05, 0.1) is 27.4 Å². The van der Waals surface area contributed by atoms with Gasteiger partial charge in [-0.3, -0.25) is 4.57 Å². The number of halogens is 3. The molecule has 2 rings (SSSR count). The first-order valence-corrected chi connectivity index (χ1v) is 6.74. The van der Waals surface area contributed by atoms with Gasteiger partial charge in [-0.2, -0.15) is 0 Å². The van der Waals surface area contributed by atoms with Crippen molar-refractivity contribution in [2.75, 3.05) is 12.3 Å². The third-order valence-electron chi connectivity index (χ3n) is 2.52. The molecule has 8 heteroatoms. The Morgan fingerprint density at radius 1 is 1.30 bits per heavy atom. The molecule has 0 atom stereocenters. The summed E-state index contributed by atoms with van der Waals surface area (Å²) in [6, 6.07) is 3.03. The van der Waals surface area contributed by atoms with Gasteiger partial charge in [0.25, 0.3) is 0 Å². The SMILES string of the molecule is CCOC(=O)c1ncn(-c2cc(Cl)c(Cl)cc2Cl)c1N. The number of nitrogen functional groups attached to an aromatic ring is 1. The van der Waals surface area contributed by atoms with Gasteiger partial charge in [0, 0.05) is 0 Å². The van der Waals surface area contributed by atoms with Gasteiger partial charge in [-0.15, -0.1) is 0 Å². The number of anilines is 1. The van der Waals surface area contributed by atoms with Crippen molar-refractivity contribution in [1.29, 1.82) is 0 Å². The minimum atomic E-state index is -0.597. The zero-order valence-corrected chi connectivity index (χ0v) is 12.6. The summed E-state index contributed by atoms with van der Waals surface area (Å²) in [6.45, 7) is 1.93. The molecule has 1 aromatic heterocycles. The maximum Gasteiger partial charge on any atom is 0.360 e. The fourth-order valence-corrected chi connectivity index (χ4v) is 2.24. The Kier molecular flexibility index (Phi) is 4.42. The van der Waals surface area contributed by atoms with Crippen LogP contribution >= 0.6 is 34.8 Å². The summed E-state index contributed by atoms with van der Waals surface area (Å²) in [7, 11) is 0. The lowest BCUT2D eigenvalue weighted by atomic mass is 10.3. The maximum absolute atomic E-state index is 11.7. The first kappa shape index (κ1) is 15.0. The van der Waals surface area contributed by atoms with Gasteiger partial charge in [0.15, 0.2) is 5.69 Å². The molecule has 0 fully saturated rings. The third-order valence-corrected chi connectivity index (χ3v) is 3.55. The Balaban J connectivity index is 2.50. The predicted molar refractivity (Wildman–Crippen MR) is 79.0 cm³/mol. The largest absolute Gasteiger partial charge is 0.461 e. The summed E-state index contributed by atoms with van der Waals surface area (Å²) >= 11 is 17.9. The summed E-state index contributed by atoms with van der Waals surface area (Å²) in [5.74, 6) is -0.483. The standard InChI is InChI=1S/C12H10Cl3N3O2/c1-2-20-12(19)10-11(16)18(5-17-10)9-4-7(14)6(13)3-8(9)15/h3-5H,2,16H2,1H3. The van der Waals surface area contributed by atoms with Crippen LogP contribution in [0.2, 0.25) is 15.1 Å². The van der Waals surface area contributed by atoms with E-state index in [-0.39, 0.29) is 18.1 Å². The van der Waals surface area contributed by atoms with Crippen molar-refractivity contribution in [3.8, 4) is 5.69 Å². The van der Waals surface area contributed by atoms with Crippen LogP contribution in [-0.4, -0.2) is 22.1 Å². The van der Waals surface area contributed by atoms with Crippen LogP contribution in [0.5, 0.6) is 0 Å². The summed E-state index contributed by atoms with van der Waals surface area (Å²) in [6.07, 6.45) is 1.37. The molecular weight excluding hydrogens is 325 g/mol. The Hall–Kier alpha value is -1.43. The van der Waals surface area contributed by atoms with E-state index in [1.807, 2.05) is 0 Å². The van der Waals surface area contributed by atoms with E-state index in [1.54, 1.807) is 13.0 Å². The van der Waals surface area contributed by atoms with Crippen LogP contribution in [0.4, 0.5) is 5.82 Å². The normalized spacial score (nSPS) is 10.6. The maximum atomic E-state index is 11.7. The van der Waals surface area contributed by atoms with Crippen molar-refractivity contribution in [3.05, 3.63) is 39.2 Å². The highest BCUT2D eigenvalue weighted by atomic mass is 35.5. The monoisotopic (exact) mass is 333 g/mol. The molecule has 0 saturated carbocycles. The second-order valence-corrected chi connectivity index (χ2v) is 5.01. The zero-order valence-electron chi connectivity index (χ0n) is 10.4. The first-order chi connectivity index (χ1) is 9.45. The van der Waals surface area contributed by atoms with E-state index in [1.165, 1.54) is 17.0 Å². The fourth-order valence-electron chi connectivity index (χ4n) is 1.60. The van der Waals surface area contributed by atoms with E-state index in [4.69, 9.17) is 45.3 Å². The van der Waals surface area contributed by atoms with Crippen LogP contribution in [0.25, 0.3) is 5.69 Å². The average Bonchev–Trinajstić information content (AvgIpc) is 2.76. The quantitative estimate of drug-likeness (QED) is 0.688. The van der Waals surface area contributed by atoms with Crippen LogP contribution in [0.1, 0.15) is 17.4 Å². The van der Waals surface area contributed by atoms with Gasteiger partial charge in [0.1, 0.15) is 12.1 Å². The predicted octanol–water partition coefficient (Wildman–Crippen LogP) is 3.59. The molecule has 1 heterocycles. The van der Waals surface area contributed by atoms with E-state index in [9.17, 15) is 4.79 Å². The summed E-state index contributed by atoms with van der Waals surface area (Å²) < 4.78 is 6.30. The number of carbonyl (C=O) groups excluding carboxylic acids is 1. The van der Waals surface area contributed by atoms with Crippen molar-refractivity contribution in [2.24, 2.45) is 0 Å². The Morgan fingerprint density at radius 2 is 1.95 bits per heavy atom. The first-order valence-electron chi connectivity index (χ1n) is 5.60. The molecule has 0 aliphatic heterocycles. The molecule has 1 aromatic carbocycles. The molecule has 0 bridgehead atoms. The Labute approximate surface area is 130 Å². The molecule has 2 N–H and O–H groups in total. The van der Waals surface area contributed by atoms with E-state index in [2.05, 4.69) is 4.98 Å². The number of rotatable bonds is 3. The average molecular weight is 335 g/mol. The van der Waals surface area contributed by atoms with Crippen molar-refractivity contribution in [1.82, 2.24) is 9.55 Å². The molecule has 0 radical (unpaired) electrons. The van der Waals surface area contributed by atoms with Gasteiger partial charge in [-0.25, -0.2) is 9.78 Å². The number of nitrogens with two attached hydrogens (primary N) is 1. The Bertz CT molecular complexity index is 670. The second-order valence-electron chi connectivity index (χ2n) is 3.79. The molecule has 0 aliphatic rings. The van der Waals surface area contributed by atoms with Crippen LogP contribution < -0.4 is 5.73 Å². The summed E-state index contributed by atoms with van der Waals surface area (Å²) in [5, 5.41) is 0.973. The van der Waals surface area contributed by atoms with Gasteiger partial charge < -0.3 is 10.5 Å². The lowest BCUT2D eigenvalue weighted by Crippen LogP contribution is -2.09. The van der Waals surface area contributed by atoms with Gasteiger partial charge in [0.2, 0.25) is 0 Å². The van der Waals surface area contributed by atoms with Crippen LogP contribution in [0, 0.1) is 0 Å². The van der Waals surface area contributed by atoms with Gasteiger partial charge in [-0.05, 0) is 19.1 Å². The molecule has 20 heavy (non-hydrogen) atoms. The Morgan fingerprint density at radius 3 is 2.60 bits per heavy atom. The molecule has 2 aromatic rings. The highest BCUT2D eigenvalue weighted by Crippen LogP contribution is 2.32. The van der Waals surface area contributed by atoms with Crippen molar-refractivity contribution >= 4 is 46.6 Å². The second kappa shape index (κ2) is 5.91. The molecule has 0 spiro atoms. The molecule has 5 nitrogen and oxygen atoms in total. The molecule has 0 unspecified atom stereocenters. The van der Waals surface area contributed by atoms with Crippen molar-refractivity contribution in [3.63, 3.8) is 0 Å². The number of ether oxygens (including phenoxy) is 1. The van der Waals surface area contributed by atoms with E-state index in [0.29, 0.717) is 20.8 Å². The van der Waals surface area contributed by atoms with E-state index >= 15 is 0 Å². The minimum Gasteiger partial charge on any atom is -0.461 e. The van der Waals surface area contributed by atoms with E-state index < -0.39 is 5.97 Å². The van der Waals surface area contributed by atoms with Crippen molar-refractivity contribution in [2.45, 2.75) is 6.92 Å². The third kappa shape index (κ3) is 2.70. The smallest absolute Gasteiger partial charge is 0.360 e. The molecule has 0 saturated heterocycles. The number of esters is 1. The number of benzene rings is 1. The molecule has 0 aliphatic carbocycles. The van der Waals surface area contributed by atoms with Gasteiger partial charge in [-0.1, -0.05) is 34.8 Å². The number of hydrogen-bond acceptors (Lipinski definition) is 4. The molecule has 106 valence electrons. The highest BCUT2D eigenvalue weighted by molar-refractivity contribution is 6.43. The topological polar surface area (TPSA) is 70.1 Å². The minimum absolute atomic E-state index is 0.0222. The number of aromatic nitrogens is 2. The van der Waals surface area contributed by atoms with Crippen LogP contribution in [-0.2, 0) is 4.74 Å². The van der Waals surface area contributed by atoms with Gasteiger partial charge >= 0.3 is 5.97 Å². The number of carbonyl (C=O) groups is 1. The van der Waals surface area contributed by atoms with Crippen molar-refractivity contribution < 1.29 is 9.53 Å². The molecule has 0 amide bonds. The number of nitrogens with zero attached hydrogens (tertiary/aromatic N) is 2. The lowest BCUT2D eigenvalue weighted by molar-refractivity contribution is 0.0521. The summed E-state index contributed by atoms with van der Waals surface area (Å²) in [5.41, 5.74) is 6.38. The number of hydrogen-bond donors (Lipinski definition) is 1.